The zero-order chi connectivity index (χ0) is 23.0. The first-order valence-corrected chi connectivity index (χ1v) is 12.5. The minimum absolute atomic E-state index is 0.198. The molecule has 0 aromatic heterocycles. The van der Waals surface area contributed by atoms with E-state index in [-0.39, 0.29) is 17.5 Å². The lowest BCUT2D eigenvalue weighted by molar-refractivity contribution is -0.139. The molecule has 0 bridgehead atoms. The summed E-state index contributed by atoms with van der Waals surface area (Å²) in [5.41, 5.74) is 2.09. The van der Waals surface area contributed by atoms with Gasteiger partial charge in [0.1, 0.15) is 0 Å². The molecular weight excluding hydrogens is 426 g/mol. The average molecular weight is 458 g/mol. The zero-order valence-corrected chi connectivity index (χ0v) is 19.2. The third-order valence-corrected chi connectivity index (χ3v) is 7.68. The lowest BCUT2D eigenvalue weighted by Gasteiger charge is -2.34. The van der Waals surface area contributed by atoms with Gasteiger partial charge in [-0.25, -0.2) is 8.42 Å². The van der Waals surface area contributed by atoms with Crippen molar-refractivity contribution in [3.05, 3.63) is 65.7 Å². The molecule has 2 aromatic carbocycles. The van der Waals surface area contributed by atoms with E-state index in [1.54, 1.807) is 28.6 Å². The Morgan fingerprint density at radius 1 is 0.938 bits per heavy atom. The fraction of sp³-hybridized carbons (Fsp3) is 0.417. The molecule has 2 N–H and O–H groups in total. The van der Waals surface area contributed by atoms with E-state index < -0.39 is 21.8 Å². The molecule has 7 nitrogen and oxygen atoms in total. The number of amides is 2. The molecule has 1 heterocycles. The molecule has 32 heavy (non-hydrogen) atoms. The van der Waals surface area contributed by atoms with Crippen LogP contribution in [0.25, 0.3) is 0 Å². The van der Waals surface area contributed by atoms with Gasteiger partial charge >= 0.3 is 11.8 Å². The second kappa shape index (κ2) is 11.2. The van der Waals surface area contributed by atoms with E-state index in [2.05, 4.69) is 10.6 Å². The molecule has 0 aliphatic carbocycles. The van der Waals surface area contributed by atoms with Gasteiger partial charge in [-0.2, -0.15) is 4.31 Å². The van der Waals surface area contributed by atoms with Crippen molar-refractivity contribution in [3.63, 3.8) is 0 Å². The van der Waals surface area contributed by atoms with Crippen molar-refractivity contribution in [1.29, 1.82) is 0 Å². The van der Waals surface area contributed by atoms with Gasteiger partial charge in [0.2, 0.25) is 10.0 Å². The highest BCUT2D eigenvalue weighted by atomic mass is 32.2. The molecular formula is C24H31N3O4S. The van der Waals surface area contributed by atoms with Gasteiger partial charge in [-0.1, -0.05) is 54.4 Å². The Kier molecular flexibility index (Phi) is 8.41. The van der Waals surface area contributed by atoms with E-state index in [1.165, 1.54) is 0 Å². The number of benzene rings is 2. The molecule has 1 fully saturated rings. The molecule has 0 radical (unpaired) electrons. The molecule has 0 saturated carbocycles. The van der Waals surface area contributed by atoms with Gasteiger partial charge in [-0.15, -0.1) is 0 Å². The number of aryl methyl sites for hydroxylation is 1. The van der Waals surface area contributed by atoms with Crippen LogP contribution < -0.4 is 10.6 Å². The van der Waals surface area contributed by atoms with Crippen molar-refractivity contribution in [1.82, 2.24) is 14.9 Å². The third kappa shape index (κ3) is 6.40. The minimum atomic E-state index is -3.59. The number of carbonyl (C=O) groups is 2. The molecule has 172 valence electrons. The molecule has 2 aromatic rings. The first-order valence-electron chi connectivity index (χ1n) is 11.1. The summed E-state index contributed by atoms with van der Waals surface area (Å²) < 4.78 is 27.8. The molecule has 1 aliphatic rings. The smallest absolute Gasteiger partial charge is 0.309 e. The highest BCUT2D eigenvalue weighted by molar-refractivity contribution is 7.89. The molecule has 8 heteroatoms. The quantitative estimate of drug-likeness (QED) is 0.595. The van der Waals surface area contributed by atoms with E-state index in [9.17, 15) is 18.0 Å². The summed E-state index contributed by atoms with van der Waals surface area (Å²) >= 11 is 0. The summed E-state index contributed by atoms with van der Waals surface area (Å²) in [6.45, 7) is 3.01. The Hall–Kier alpha value is -2.71. The fourth-order valence-corrected chi connectivity index (χ4v) is 5.63. The summed E-state index contributed by atoms with van der Waals surface area (Å²) in [7, 11) is -3.59. The summed E-state index contributed by atoms with van der Waals surface area (Å²) in [6.07, 6.45) is 3.61. The van der Waals surface area contributed by atoms with E-state index in [0.29, 0.717) is 25.9 Å². The van der Waals surface area contributed by atoms with E-state index in [0.717, 1.165) is 30.4 Å². The van der Waals surface area contributed by atoms with Gasteiger partial charge in [0.15, 0.2) is 0 Å². The maximum atomic E-state index is 13.1. The van der Waals surface area contributed by atoms with E-state index in [4.69, 9.17) is 0 Å². The largest absolute Gasteiger partial charge is 0.348 e. The average Bonchev–Trinajstić information content (AvgIpc) is 2.80. The Balaban J connectivity index is 1.48. The first kappa shape index (κ1) is 23.9. The molecule has 1 atom stereocenters. The number of piperidine rings is 1. The highest BCUT2D eigenvalue weighted by Crippen LogP contribution is 2.27. The molecule has 2 amide bonds. The normalized spacial score (nSPS) is 17.0. The number of rotatable bonds is 8. The summed E-state index contributed by atoms with van der Waals surface area (Å²) in [5, 5.41) is 5.25. The van der Waals surface area contributed by atoms with Crippen molar-refractivity contribution in [2.24, 2.45) is 0 Å². The maximum Gasteiger partial charge on any atom is 0.309 e. The summed E-state index contributed by atoms with van der Waals surface area (Å²) in [6, 6.07) is 16.4. The van der Waals surface area contributed by atoms with Crippen molar-refractivity contribution < 1.29 is 18.0 Å². The zero-order valence-electron chi connectivity index (χ0n) is 18.4. The number of nitrogens with one attached hydrogen (secondary N) is 2. The van der Waals surface area contributed by atoms with Crippen molar-refractivity contribution in [2.75, 3.05) is 19.6 Å². The third-order valence-electron chi connectivity index (χ3n) is 5.71. The van der Waals surface area contributed by atoms with Crippen LogP contribution in [-0.2, 0) is 26.0 Å². The lowest BCUT2D eigenvalue weighted by Crippen LogP contribution is -2.46. The Morgan fingerprint density at radius 3 is 2.28 bits per heavy atom. The number of nitrogens with zero attached hydrogens (tertiary/aromatic N) is 1. The number of sulfonamides is 1. The SMILES string of the molecule is Cc1ccc(S(=O)(=O)N2CCCCC2CCNC(=O)C(=O)NCCc2ccccc2)cc1. The first-order chi connectivity index (χ1) is 15.4. The number of hydrogen-bond donors (Lipinski definition) is 2. The topological polar surface area (TPSA) is 95.6 Å². The minimum Gasteiger partial charge on any atom is -0.348 e. The maximum absolute atomic E-state index is 13.1. The van der Waals surface area contributed by atoms with Crippen LogP contribution >= 0.6 is 0 Å². The van der Waals surface area contributed by atoms with Gasteiger partial charge in [0.25, 0.3) is 0 Å². The molecule has 1 aliphatic heterocycles. The number of hydrogen-bond acceptors (Lipinski definition) is 4. The second-order valence-corrected chi connectivity index (χ2v) is 10.0. The molecule has 1 unspecified atom stereocenters. The lowest BCUT2D eigenvalue weighted by atomic mass is 10.0. The Bertz CT molecular complexity index is 1010. The van der Waals surface area contributed by atoms with Crippen LogP contribution in [0.2, 0.25) is 0 Å². The van der Waals surface area contributed by atoms with Gasteiger partial charge in [0, 0.05) is 25.7 Å². The van der Waals surface area contributed by atoms with Crippen LogP contribution in [0.3, 0.4) is 0 Å². The van der Waals surface area contributed by atoms with Crippen molar-refractivity contribution >= 4 is 21.8 Å². The summed E-state index contributed by atoms with van der Waals surface area (Å²) in [4.78, 5) is 24.4. The summed E-state index contributed by atoms with van der Waals surface area (Å²) in [5.74, 6) is -1.37. The van der Waals surface area contributed by atoms with Crippen LogP contribution in [0.1, 0.15) is 36.8 Å². The standard InChI is InChI=1S/C24H31N3O4S/c1-19-10-12-22(13-11-19)32(30,31)27-18-6-5-9-21(27)15-17-26-24(29)23(28)25-16-14-20-7-3-2-4-8-20/h2-4,7-8,10-13,21H,5-6,9,14-18H2,1H3,(H,25,28)(H,26,29). The van der Waals surface area contributed by atoms with Crippen molar-refractivity contribution in [2.45, 2.75) is 50.0 Å². The van der Waals surface area contributed by atoms with Gasteiger partial charge in [-0.05, 0) is 50.3 Å². The predicted octanol–water partition coefficient (Wildman–Crippen LogP) is 2.40. The van der Waals surface area contributed by atoms with Gasteiger partial charge < -0.3 is 10.6 Å². The van der Waals surface area contributed by atoms with Crippen LogP contribution in [0.15, 0.2) is 59.5 Å². The molecule has 1 saturated heterocycles. The van der Waals surface area contributed by atoms with Gasteiger partial charge in [-0.3, -0.25) is 9.59 Å². The van der Waals surface area contributed by atoms with Crippen LogP contribution in [0.5, 0.6) is 0 Å². The molecule has 0 spiro atoms. The van der Waals surface area contributed by atoms with Crippen LogP contribution in [0, 0.1) is 6.92 Å². The second-order valence-electron chi connectivity index (χ2n) is 8.11. The fourth-order valence-electron chi connectivity index (χ4n) is 3.90. The van der Waals surface area contributed by atoms with Gasteiger partial charge in [0.05, 0.1) is 4.90 Å². The Labute approximate surface area is 190 Å². The number of carbonyl (C=O) groups excluding carboxylic acids is 2. The van der Waals surface area contributed by atoms with Crippen molar-refractivity contribution in [3.8, 4) is 0 Å². The Morgan fingerprint density at radius 2 is 1.59 bits per heavy atom. The highest BCUT2D eigenvalue weighted by Gasteiger charge is 2.33. The predicted molar refractivity (Wildman–Crippen MR) is 123 cm³/mol. The monoisotopic (exact) mass is 457 g/mol. The van der Waals surface area contributed by atoms with E-state index in [1.807, 2.05) is 37.3 Å². The van der Waals surface area contributed by atoms with Crippen LogP contribution in [-0.4, -0.2) is 50.2 Å². The van der Waals surface area contributed by atoms with E-state index >= 15 is 0 Å². The van der Waals surface area contributed by atoms with Crippen LogP contribution in [0.4, 0.5) is 0 Å². The molecule has 3 rings (SSSR count).